The smallest absolute Gasteiger partial charge is 0.0626 e. The van der Waals surface area contributed by atoms with Gasteiger partial charge in [-0.3, -0.25) is 4.68 Å². The third-order valence-corrected chi connectivity index (χ3v) is 3.31. The van der Waals surface area contributed by atoms with E-state index in [1.54, 1.807) is 0 Å². The fourth-order valence-electron chi connectivity index (χ4n) is 2.11. The minimum Gasteiger partial charge on any atom is -0.394 e. The average Bonchev–Trinajstić information content (AvgIpc) is 2.94. The van der Waals surface area contributed by atoms with E-state index in [0.29, 0.717) is 0 Å². The first-order valence-electron chi connectivity index (χ1n) is 6.68. The minimum absolute atomic E-state index is 0.0545. The predicted octanol–water partition coefficient (Wildman–Crippen LogP) is 2.29. The zero-order valence-corrected chi connectivity index (χ0v) is 11.5. The molecule has 0 spiro atoms. The maximum atomic E-state index is 9.54. The van der Waals surface area contributed by atoms with Crippen LogP contribution in [0.1, 0.15) is 37.1 Å². The largest absolute Gasteiger partial charge is 0.394 e. The molecule has 0 bridgehead atoms. The van der Waals surface area contributed by atoms with Crippen LogP contribution in [0.3, 0.4) is 0 Å². The molecule has 0 fully saturated rings. The van der Waals surface area contributed by atoms with Gasteiger partial charge in [-0.25, -0.2) is 0 Å². The first kappa shape index (κ1) is 13.8. The van der Waals surface area contributed by atoms with Crippen LogP contribution in [0.4, 0.5) is 0 Å². The predicted molar refractivity (Wildman–Crippen MR) is 75.7 cm³/mol. The van der Waals surface area contributed by atoms with Gasteiger partial charge < -0.3 is 10.4 Å². The highest BCUT2D eigenvalue weighted by atomic mass is 16.3. The molecule has 0 saturated heterocycles. The number of nitrogens with zero attached hydrogens (tertiary/aromatic N) is 2. The van der Waals surface area contributed by atoms with Crippen molar-refractivity contribution < 1.29 is 5.11 Å². The van der Waals surface area contributed by atoms with Crippen molar-refractivity contribution >= 4 is 0 Å². The molecule has 1 aromatic heterocycles. The van der Waals surface area contributed by atoms with E-state index in [1.165, 1.54) is 0 Å². The SMILES string of the molecule is CCn1cc(C(C)N[C@H](CO)c2ccccc2)cn1. The number of benzene rings is 1. The Balaban J connectivity index is 2.06. The van der Waals surface area contributed by atoms with E-state index in [9.17, 15) is 5.11 Å². The molecule has 0 aliphatic rings. The molecule has 2 N–H and O–H groups in total. The van der Waals surface area contributed by atoms with E-state index in [2.05, 4.69) is 24.3 Å². The monoisotopic (exact) mass is 259 g/mol. The van der Waals surface area contributed by atoms with Gasteiger partial charge in [0.15, 0.2) is 0 Å². The number of nitrogens with one attached hydrogen (secondary N) is 1. The molecule has 0 amide bonds. The zero-order chi connectivity index (χ0) is 13.7. The van der Waals surface area contributed by atoms with E-state index < -0.39 is 0 Å². The van der Waals surface area contributed by atoms with Crippen LogP contribution < -0.4 is 5.32 Å². The van der Waals surface area contributed by atoms with Crippen molar-refractivity contribution in [2.24, 2.45) is 0 Å². The van der Waals surface area contributed by atoms with Crippen molar-refractivity contribution in [3.8, 4) is 0 Å². The first-order chi connectivity index (χ1) is 9.24. The molecule has 0 aliphatic heterocycles. The van der Waals surface area contributed by atoms with Crippen LogP contribution in [-0.2, 0) is 6.54 Å². The van der Waals surface area contributed by atoms with Gasteiger partial charge in [0.1, 0.15) is 0 Å². The number of aryl methyl sites for hydroxylation is 1. The molecule has 1 unspecified atom stereocenters. The van der Waals surface area contributed by atoms with Gasteiger partial charge in [-0.1, -0.05) is 30.3 Å². The highest BCUT2D eigenvalue weighted by Crippen LogP contribution is 2.18. The standard InChI is InChI=1S/C15H21N3O/c1-3-18-10-14(9-16-18)12(2)17-15(11-19)13-7-5-4-6-8-13/h4-10,12,15,17,19H,3,11H2,1-2H3/t12?,15-/m1/s1. The molecular formula is C15H21N3O. The quantitative estimate of drug-likeness (QED) is 0.837. The fraction of sp³-hybridized carbons (Fsp3) is 0.400. The van der Waals surface area contributed by atoms with Crippen LogP contribution in [-0.4, -0.2) is 21.5 Å². The molecule has 4 nitrogen and oxygen atoms in total. The van der Waals surface area contributed by atoms with Gasteiger partial charge in [-0.15, -0.1) is 0 Å². The molecule has 19 heavy (non-hydrogen) atoms. The molecule has 0 saturated carbocycles. The second-order valence-electron chi connectivity index (χ2n) is 4.66. The van der Waals surface area contributed by atoms with Gasteiger partial charge in [0.2, 0.25) is 0 Å². The van der Waals surface area contributed by atoms with Crippen LogP contribution in [0, 0.1) is 0 Å². The summed E-state index contributed by atoms with van der Waals surface area (Å²) in [4.78, 5) is 0. The van der Waals surface area contributed by atoms with E-state index in [0.717, 1.165) is 17.7 Å². The molecule has 0 radical (unpaired) electrons. The van der Waals surface area contributed by atoms with Gasteiger partial charge >= 0.3 is 0 Å². The lowest BCUT2D eigenvalue weighted by Crippen LogP contribution is -2.27. The molecule has 0 aliphatic carbocycles. The van der Waals surface area contributed by atoms with Crippen molar-refractivity contribution in [2.45, 2.75) is 32.5 Å². The number of hydrogen-bond acceptors (Lipinski definition) is 3. The fourth-order valence-corrected chi connectivity index (χ4v) is 2.11. The minimum atomic E-state index is -0.0545. The Morgan fingerprint density at radius 1 is 1.26 bits per heavy atom. The Morgan fingerprint density at radius 3 is 2.58 bits per heavy atom. The molecule has 1 aromatic carbocycles. The summed E-state index contributed by atoms with van der Waals surface area (Å²) < 4.78 is 1.91. The summed E-state index contributed by atoms with van der Waals surface area (Å²) >= 11 is 0. The van der Waals surface area contributed by atoms with Gasteiger partial charge in [0.25, 0.3) is 0 Å². The number of aliphatic hydroxyl groups excluding tert-OH is 1. The average molecular weight is 259 g/mol. The number of aliphatic hydroxyl groups is 1. The van der Waals surface area contributed by atoms with Gasteiger partial charge in [-0.2, -0.15) is 5.10 Å². The van der Waals surface area contributed by atoms with Crippen molar-refractivity contribution in [3.05, 3.63) is 53.9 Å². The van der Waals surface area contributed by atoms with Crippen molar-refractivity contribution in [1.29, 1.82) is 0 Å². The van der Waals surface area contributed by atoms with Crippen molar-refractivity contribution in [3.63, 3.8) is 0 Å². The summed E-state index contributed by atoms with van der Waals surface area (Å²) in [6.45, 7) is 5.10. The molecule has 102 valence electrons. The van der Waals surface area contributed by atoms with E-state index in [1.807, 2.05) is 47.4 Å². The normalized spacial score (nSPS) is 14.3. The molecule has 2 atom stereocenters. The van der Waals surface area contributed by atoms with E-state index in [4.69, 9.17) is 0 Å². The first-order valence-corrected chi connectivity index (χ1v) is 6.68. The van der Waals surface area contributed by atoms with Crippen LogP contribution in [0.15, 0.2) is 42.7 Å². The molecule has 2 rings (SSSR count). The van der Waals surface area contributed by atoms with E-state index >= 15 is 0 Å². The Morgan fingerprint density at radius 2 is 2.00 bits per heavy atom. The zero-order valence-electron chi connectivity index (χ0n) is 11.5. The lowest BCUT2D eigenvalue weighted by Gasteiger charge is -2.21. The highest BCUT2D eigenvalue weighted by Gasteiger charge is 2.15. The second-order valence-corrected chi connectivity index (χ2v) is 4.66. The summed E-state index contributed by atoms with van der Waals surface area (Å²) in [5, 5.41) is 17.3. The lowest BCUT2D eigenvalue weighted by atomic mass is 10.1. The van der Waals surface area contributed by atoms with Crippen LogP contribution in [0.2, 0.25) is 0 Å². The molecular weight excluding hydrogens is 238 g/mol. The number of hydrogen-bond donors (Lipinski definition) is 2. The second kappa shape index (κ2) is 6.50. The van der Waals surface area contributed by atoms with Gasteiger partial charge in [-0.05, 0) is 19.4 Å². The summed E-state index contributed by atoms with van der Waals surface area (Å²) in [7, 11) is 0. The maximum Gasteiger partial charge on any atom is 0.0626 e. The topological polar surface area (TPSA) is 50.1 Å². The molecule has 1 heterocycles. The number of aromatic nitrogens is 2. The third-order valence-electron chi connectivity index (χ3n) is 3.31. The summed E-state index contributed by atoms with van der Waals surface area (Å²) in [6, 6.07) is 10.1. The van der Waals surface area contributed by atoms with Crippen LogP contribution in [0.5, 0.6) is 0 Å². The van der Waals surface area contributed by atoms with Gasteiger partial charge in [0, 0.05) is 24.3 Å². The Bertz CT molecular complexity index is 495. The molecule has 4 heteroatoms. The van der Waals surface area contributed by atoms with Crippen molar-refractivity contribution in [1.82, 2.24) is 15.1 Å². The van der Waals surface area contributed by atoms with E-state index in [-0.39, 0.29) is 18.7 Å². The van der Waals surface area contributed by atoms with Crippen LogP contribution >= 0.6 is 0 Å². The van der Waals surface area contributed by atoms with Crippen LogP contribution in [0.25, 0.3) is 0 Å². The lowest BCUT2D eigenvalue weighted by molar-refractivity contribution is 0.235. The number of rotatable bonds is 6. The van der Waals surface area contributed by atoms with Crippen molar-refractivity contribution in [2.75, 3.05) is 6.61 Å². The Labute approximate surface area is 114 Å². The molecule has 2 aromatic rings. The maximum absolute atomic E-state index is 9.54. The summed E-state index contributed by atoms with van der Waals surface area (Å²) in [5.74, 6) is 0. The Kier molecular flexibility index (Phi) is 4.71. The Hall–Kier alpha value is -1.65. The summed E-state index contributed by atoms with van der Waals surface area (Å²) in [6.07, 6.45) is 3.91. The highest BCUT2D eigenvalue weighted by molar-refractivity contribution is 5.20. The third kappa shape index (κ3) is 3.43. The van der Waals surface area contributed by atoms with Gasteiger partial charge in [0.05, 0.1) is 18.8 Å². The summed E-state index contributed by atoms with van der Waals surface area (Å²) in [5.41, 5.74) is 2.23.